The van der Waals surface area contributed by atoms with Crippen LogP contribution in [0.25, 0.3) is 44.5 Å². The average molecular weight is 499 g/mol. The predicted octanol–water partition coefficient (Wildman–Crippen LogP) is 9.97. The van der Waals surface area contributed by atoms with Gasteiger partial charge in [-0.3, -0.25) is 0 Å². The lowest BCUT2D eigenvalue weighted by Crippen LogP contribution is -1.94. The number of para-hydroxylation sites is 1. The first-order chi connectivity index (χ1) is 19.3. The number of nitriles is 1. The average Bonchev–Trinajstić information content (AvgIpc) is 3.02. The van der Waals surface area contributed by atoms with E-state index in [0.717, 1.165) is 39.2 Å². The van der Waals surface area contributed by atoms with Crippen LogP contribution in [-0.2, 0) is 0 Å². The Labute approximate surface area is 229 Å². The van der Waals surface area contributed by atoms with E-state index in [-0.39, 0.29) is 0 Å². The van der Waals surface area contributed by atoms with Crippen LogP contribution < -0.4 is 5.32 Å². The van der Waals surface area contributed by atoms with Crippen LogP contribution in [0.15, 0.2) is 152 Å². The van der Waals surface area contributed by atoms with Crippen molar-refractivity contribution in [1.29, 1.82) is 5.26 Å². The maximum Gasteiger partial charge on any atom is 0.0991 e. The number of benzene rings is 6. The first-order valence-electron chi connectivity index (χ1n) is 13.0. The van der Waals surface area contributed by atoms with Crippen molar-refractivity contribution in [2.45, 2.75) is 0 Å². The molecule has 6 rings (SSSR count). The third-order valence-corrected chi connectivity index (χ3v) is 6.90. The highest BCUT2D eigenvalue weighted by atomic mass is 14.9. The first-order valence-corrected chi connectivity index (χ1v) is 13.0. The first kappa shape index (κ1) is 24.0. The van der Waals surface area contributed by atoms with Gasteiger partial charge in [0.2, 0.25) is 0 Å². The lowest BCUT2D eigenvalue weighted by molar-refractivity contribution is 1.48. The number of rotatable bonds is 6. The Bertz CT molecular complexity index is 1760. The Morgan fingerprint density at radius 3 is 1.59 bits per heavy atom. The number of hydrogen-bond donors (Lipinski definition) is 1. The minimum absolute atomic E-state index is 0.669. The highest BCUT2D eigenvalue weighted by molar-refractivity contribution is 5.86. The van der Waals surface area contributed by atoms with Gasteiger partial charge in [0.05, 0.1) is 11.6 Å². The van der Waals surface area contributed by atoms with Gasteiger partial charge in [0.25, 0.3) is 0 Å². The molecule has 0 fully saturated rings. The van der Waals surface area contributed by atoms with Crippen LogP contribution in [0, 0.1) is 11.3 Å². The topological polar surface area (TPSA) is 35.8 Å². The van der Waals surface area contributed by atoms with Gasteiger partial charge in [-0.1, -0.05) is 109 Å². The van der Waals surface area contributed by atoms with E-state index in [1.807, 2.05) is 48.5 Å². The molecule has 0 atom stereocenters. The second kappa shape index (κ2) is 10.9. The molecule has 2 heteroatoms. The number of nitrogens with zero attached hydrogens (tertiary/aromatic N) is 1. The molecular weight excluding hydrogens is 472 g/mol. The molecule has 0 bridgehead atoms. The Morgan fingerprint density at radius 1 is 0.410 bits per heavy atom. The molecule has 184 valence electrons. The lowest BCUT2D eigenvalue weighted by Gasteiger charge is -2.15. The van der Waals surface area contributed by atoms with E-state index in [4.69, 9.17) is 0 Å². The molecule has 0 heterocycles. The fraction of sp³-hybridized carbons (Fsp3) is 0. The summed E-state index contributed by atoms with van der Waals surface area (Å²) in [6, 6.07) is 54.6. The fourth-order valence-electron chi connectivity index (χ4n) is 4.87. The summed E-state index contributed by atoms with van der Waals surface area (Å²) >= 11 is 0. The maximum absolute atomic E-state index is 9.27. The molecule has 2 nitrogen and oxygen atoms in total. The predicted molar refractivity (Wildman–Crippen MR) is 163 cm³/mol. The van der Waals surface area contributed by atoms with E-state index in [1.165, 1.54) is 16.7 Å². The van der Waals surface area contributed by atoms with Crippen molar-refractivity contribution in [2.75, 3.05) is 5.32 Å². The SMILES string of the molecule is N#Cc1cccc(-c2cccc(-c3ccc(-c4ccc(Nc5ccccc5)c(-c5ccccc5)c4)cc3)c2)c1. The number of anilines is 2. The van der Waals surface area contributed by atoms with Crippen molar-refractivity contribution >= 4 is 11.4 Å². The number of nitrogens with one attached hydrogen (secondary N) is 1. The van der Waals surface area contributed by atoms with E-state index in [0.29, 0.717) is 5.56 Å². The Morgan fingerprint density at radius 2 is 0.923 bits per heavy atom. The van der Waals surface area contributed by atoms with Crippen molar-refractivity contribution in [2.24, 2.45) is 0 Å². The summed E-state index contributed by atoms with van der Waals surface area (Å²) in [6.45, 7) is 0. The molecule has 0 radical (unpaired) electrons. The van der Waals surface area contributed by atoms with Gasteiger partial charge in [-0.05, 0) is 81.4 Å². The Hall–Kier alpha value is -5.39. The summed E-state index contributed by atoms with van der Waals surface area (Å²) in [5, 5.41) is 12.9. The molecule has 0 aliphatic rings. The van der Waals surface area contributed by atoms with Gasteiger partial charge in [0.15, 0.2) is 0 Å². The van der Waals surface area contributed by atoms with Crippen molar-refractivity contribution in [1.82, 2.24) is 0 Å². The summed E-state index contributed by atoms with van der Waals surface area (Å²) in [7, 11) is 0. The molecule has 0 amide bonds. The quantitative estimate of drug-likeness (QED) is 0.248. The van der Waals surface area contributed by atoms with Crippen LogP contribution in [0.4, 0.5) is 11.4 Å². The Balaban J connectivity index is 1.32. The minimum Gasteiger partial charge on any atom is -0.355 e. The molecule has 0 aliphatic heterocycles. The summed E-state index contributed by atoms with van der Waals surface area (Å²) in [4.78, 5) is 0. The van der Waals surface area contributed by atoms with Crippen LogP contribution in [0.1, 0.15) is 5.56 Å². The zero-order valence-corrected chi connectivity index (χ0v) is 21.4. The third kappa shape index (κ3) is 5.34. The molecule has 1 N–H and O–H groups in total. The van der Waals surface area contributed by atoms with E-state index in [2.05, 4.69) is 115 Å². The summed E-state index contributed by atoms with van der Waals surface area (Å²) in [5.41, 5.74) is 11.9. The van der Waals surface area contributed by atoms with E-state index >= 15 is 0 Å². The van der Waals surface area contributed by atoms with Gasteiger partial charge in [-0.25, -0.2) is 0 Å². The minimum atomic E-state index is 0.669. The monoisotopic (exact) mass is 498 g/mol. The van der Waals surface area contributed by atoms with Crippen molar-refractivity contribution < 1.29 is 0 Å². The number of hydrogen-bond acceptors (Lipinski definition) is 2. The zero-order valence-electron chi connectivity index (χ0n) is 21.4. The summed E-state index contributed by atoms with van der Waals surface area (Å²) in [6.07, 6.45) is 0. The second-order valence-corrected chi connectivity index (χ2v) is 9.47. The van der Waals surface area contributed by atoms with Crippen molar-refractivity contribution in [3.8, 4) is 50.6 Å². The molecule has 0 spiro atoms. The van der Waals surface area contributed by atoms with Gasteiger partial charge >= 0.3 is 0 Å². The highest BCUT2D eigenvalue weighted by Crippen LogP contribution is 2.35. The van der Waals surface area contributed by atoms with Gasteiger partial charge in [-0.15, -0.1) is 0 Å². The largest absolute Gasteiger partial charge is 0.355 e. The summed E-state index contributed by atoms with van der Waals surface area (Å²) in [5.74, 6) is 0. The standard InChI is InChI=1S/C37H26N2/c38-26-27-9-7-12-31(23-27)33-14-8-13-32(24-33)28-17-19-29(20-18-28)34-21-22-37(39-35-15-5-2-6-16-35)36(25-34)30-10-3-1-4-11-30/h1-25,39H. The van der Waals surface area contributed by atoms with Gasteiger partial charge in [0.1, 0.15) is 0 Å². The van der Waals surface area contributed by atoms with Gasteiger partial charge < -0.3 is 5.32 Å². The molecule has 39 heavy (non-hydrogen) atoms. The van der Waals surface area contributed by atoms with Gasteiger partial charge in [0, 0.05) is 16.9 Å². The Kier molecular flexibility index (Phi) is 6.72. The van der Waals surface area contributed by atoms with Crippen LogP contribution in [0.3, 0.4) is 0 Å². The molecule has 0 aromatic heterocycles. The molecule has 0 unspecified atom stereocenters. The smallest absolute Gasteiger partial charge is 0.0991 e. The van der Waals surface area contributed by atoms with Crippen LogP contribution in [0.2, 0.25) is 0 Å². The highest BCUT2D eigenvalue weighted by Gasteiger charge is 2.09. The zero-order chi connectivity index (χ0) is 26.4. The van der Waals surface area contributed by atoms with Crippen LogP contribution in [0.5, 0.6) is 0 Å². The maximum atomic E-state index is 9.27. The molecule has 0 saturated heterocycles. The second-order valence-electron chi connectivity index (χ2n) is 9.47. The van der Waals surface area contributed by atoms with Crippen LogP contribution in [-0.4, -0.2) is 0 Å². The molecule has 6 aromatic rings. The van der Waals surface area contributed by atoms with Crippen molar-refractivity contribution in [3.63, 3.8) is 0 Å². The fourth-order valence-corrected chi connectivity index (χ4v) is 4.87. The lowest BCUT2D eigenvalue weighted by atomic mass is 9.94. The normalized spacial score (nSPS) is 10.5. The molecule has 0 saturated carbocycles. The van der Waals surface area contributed by atoms with E-state index in [9.17, 15) is 5.26 Å². The van der Waals surface area contributed by atoms with Gasteiger partial charge in [-0.2, -0.15) is 5.26 Å². The molecular formula is C37H26N2. The summed E-state index contributed by atoms with van der Waals surface area (Å²) < 4.78 is 0. The van der Waals surface area contributed by atoms with E-state index < -0.39 is 0 Å². The van der Waals surface area contributed by atoms with Crippen molar-refractivity contribution in [3.05, 3.63) is 157 Å². The van der Waals surface area contributed by atoms with E-state index in [1.54, 1.807) is 0 Å². The third-order valence-electron chi connectivity index (χ3n) is 6.90. The van der Waals surface area contributed by atoms with Crippen LogP contribution >= 0.6 is 0 Å². The molecule has 0 aliphatic carbocycles. The molecule has 6 aromatic carbocycles.